The maximum absolute atomic E-state index is 12.9. The van der Waals surface area contributed by atoms with Crippen LogP contribution in [0.25, 0.3) is 10.1 Å². The van der Waals surface area contributed by atoms with Crippen LogP contribution in [0, 0.1) is 0 Å². The minimum Gasteiger partial charge on any atom is -0.330 e. The molecule has 0 unspecified atom stereocenters. The molecular weight excluding hydrogens is 557 g/mol. The fraction of sp³-hybridized carbons (Fsp3) is 0.353. The SMILES string of the molecule is CC.CC.CCc1ccccc1.CN(CCN(CC=O)C(=O)c1cc2ccccc2s1)Cc1cccc(C(F)(F)F)c1. The zero-order chi connectivity index (χ0) is 31.5. The van der Waals surface area contributed by atoms with Gasteiger partial charge in [0.05, 0.1) is 17.0 Å². The van der Waals surface area contributed by atoms with Crippen LogP contribution in [0.15, 0.2) is 84.9 Å². The van der Waals surface area contributed by atoms with Crippen molar-refractivity contribution in [2.45, 2.75) is 53.8 Å². The number of alkyl halides is 3. The van der Waals surface area contributed by atoms with Crippen LogP contribution < -0.4 is 0 Å². The smallest absolute Gasteiger partial charge is 0.330 e. The average molecular weight is 601 g/mol. The van der Waals surface area contributed by atoms with Gasteiger partial charge in [-0.2, -0.15) is 13.2 Å². The van der Waals surface area contributed by atoms with Crippen molar-refractivity contribution >= 4 is 33.6 Å². The lowest BCUT2D eigenvalue weighted by Crippen LogP contribution is -2.38. The zero-order valence-electron chi connectivity index (χ0n) is 25.4. The van der Waals surface area contributed by atoms with Crippen LogP contribution in [-0.4, -0.2) is 48.7 Å². The van der Waals surface area contributed by atoms with E-state index in [-0.39, 0.29) is 12.5 Å². The zero-order valence-corrected chi connectivity index (χ0v) is 26.3. The molecule has 4 aromatic rings. The first-order valence-corrected chi connectivity index (χ1v) is 15.1. The maximum atomic E-state index is 12.9. The van der Waals surface area contributed by atoms with Gasteiger partial charge in [-0.15, -0.1) is 11.3 Å². The number of halogens is 3. The summed E-state index contributed by atoms with van der Waals surface area (Å²) in [5.41, 5.74) is 1.26. The Bertz CT molecular complexity index is 1290. The fourth-order valence-corrected chi connectivity index (χ4v) is 4.88. The molecule has 0 radical (unpaired) electrons. The van der Waals surface area contributed by atoms with E-state index in [1.807, 2.05) is 69.0 Å². The molecule has 0 atom stereocenters. The monoisotopic (exact) mass is 600 g/mol. The van der Waals surface area contributed by atoms with Crippen LogP contribution in [0.5, 0.6) is 0 Å². The highest BCUT2D eigenvalue weighted by atomic mass is 32.1. The third-order valence-corrected chi connectivity index (χ3v) is 7.03. The molecule has 0 fully saturated rings. The van der Waals surface area contributed by atoms with Crippen molar-refractivity contribution in [1.29, 1.82) is 0 Å². The van der Waals surface area contributed by atoms with Gasteiger partial charge in [0, 0.05) is 24.3 Å². The standard InChI is InChI=1S/C22H21F3N2O2S.C8H10.2C2H6/c1-26(15-16-5-4-7-18(13-16)22(23,24)25)9-10-27(11-12-28)21(29)20-14-17-6-2-3-8-19(17)30-20;1-2-8-6-4-3-5-7-8;2*1-2/h2-8,12-14H,9-11,15H2,1H3;3-7H,2H2,1H3;2*1-2H3. The van der Waals surface area contributed by atoms with E-state index in [9.17, 15) is 22.8 Å². The van der Waals surface area contributed by atoms with E-state index >= 15 is 0 Å². The van der Waals surface area contributed by atoms with Gasteiger partial charge < -0.3 is 14.6 Å². The summed E-state index contributed by atoms with van der Waals surface area (Å²) in [5.74, 6) is -0.226. The molecule has 4 rings (SSSR count). The molecule has 1 heterocycles. The summed E-state index contributed by atoms with van der Waals surface area (Å²) in [7, 11) is 1.77. The van der Waals surface area contributed by atoms with E-state index < -0.39 is 11.7 Å². The molecule has 0 saturated carbocycles. The van der Waals surface area contributed by atoms with Gasteiger partial charge in [0.1, 0.15) is 6.29 Å². The van der Waals surface area contributed by atoms with Crippen molar-refractivity contribution in [3.05, 3.63) is 106 Å². The maximum Gasteiger partial charge on any atom is 0.416 e. The number of nitrogens with zero attached hydrogens (tertiary/aromatic N) is 2. The third kappa shape index (κ3) is 12.2. The second-order valence-corrected chi connectivity index (χ2v) is 9.93. The fourth-order valence-electron chi connectivity index (χ4n) is 3.85. The number of benzene rings is 3. The van der Waals surface area contributed by atoms with Gasteiger partial charge >= 0.3 is 6.18 Å². The number of hydrogen-bond acceptors (Lipinski definition) is 4. The third-order valence-electron chi connectivity index (χ3n) is 5.93. The van der Waals surface area contributed by atoms with Crippen molar-refractivity contribution in [2.75, 3.05) is 26.7 Å². The second kappa shape index (κ2) is 19.6. The lowest BCUT2D eigenvalue weighted by atomic mass is 10.1. The van der Waals surface area contributed by atoms with Crippen LogP contribution >= 0.6 is 11.3 Å². The van der Waals surface area contributed by atoms with Crippen LogP contribution in [0.4, 0.5) is 13.2 Å². The van der Waals surface area contributed by atoms with Crippen molar-refractivity contribution in [1.82, 2.24) is 9.80 Å². The summed E-state index contributed by atoms with van der Waals surface area (Å²) in [6, 6.07) is 25.1. The second-order valence-electron chi connectivity index (χ2n) is 8.84. The molecule has 0 saturated heterocycles. The highest BCUT2D eigenvalue weighted by Crippen LogP contribution is 2.30. The Labute approximate surface area is 252 Å². The number of fused-ring (bicyclic) bond motifs is 1. The van der Waals surface area contributed by atoms with Crippen LogP contribution in [0.3, 0.4) is 0 Å². The van der Waals surface area contributed by atoms with Gasteiger partial charge in [-0.1, -0.05) is 101 Å². The summed E-state index contributed by atoms with van der Waals surface area (Å²) in [6.07, 6.45) is -2.56. The number of aldehydes is 1. The summed E-state index contributed by atoms with van der Waals surface area (Å²) in [4.78, 5) is 27.8. The van der Waals surface area contributed by atoms with Crippen molar-refractivity contribution < 1.29 is 22.8 Å². The quantitative estimate of drug-likeness (QED) is 0.180. The Morgan fingerprint density at radius 2 is 1.45 bits per heavy atom. The number of aryl methyl sites for hydroxylation is 1. The lowest BCUT2D eigenvalue weighted by Gasteiger charge is -2.24. The van der Waals surface area contributed by atoms with Crippen LogP contribution in [0.1, 0.15) is 61.0 Å². The number of hydrogen-bond donors (Lipinski definition) is 0. The van der Waals surface area contributed by atoms with Gasteiger partial charge in [0.15, 0.2) is 0 Å². The van der Waals surface area contributed by atoms with Gasteiger partial charge in [-0.3, -0.25) is 4.79 Å². The Balaban J connectivity index is 0.000000620. The van der Waals surface area contributed by atoms with E-state index in [2.05, 4.69) is 31.2 Å². The summed E-state index contributed by atoms with van der Waals surface area (Å²) >= 11 is 1.37. The normalized spacial score (nSPS) is 10.4. The predicted octanol–water partition coefficient (Wildman–Crippen LogP) is 8.99. The predicted molar refractivity (Wildman–Crippen MR) is 170 cm³/mol. The molecule has 0 aliphatic heterocycles. The minimum atomic E-state index is -4.38. The molecule has 1 amide bonds. The Morgan fingerprint density at radius 3 is 2.02 bits per heavy atom. The average Bonchev–Trinajstić information content (AvgIpc) is 3.46. The van der Waals surface area contributed by atoms with E-state index in [1.165, 1.54) is 27.9 Å². The number of likely N-dealkylation sites (N-methyl/N-ethyl adjacent to an activating group) is 1. The largest absolute Gasteiger partial charge is 0.416 e. The van der Waals surface area contributed by atoms with E-state index in [1.54, 1.807) is 13.1 Å². The summed E-state index contributed by atoms with van der Waals surface area (Å²) < 4.78 is 39.6. The molecule has 4 nitrogen and oxygen atoms in total. The van der Waals surface area contributed by atoms with E-state index in [0.717, 1.165) is 28.6 Å². The first kappa shape index (κ1) is 36.5. The molecule has 0 N–H and O–H groups in total. The lowest BCUT2D eigenvalue weighted by molar-refractivity contribution is -0.137. The molecule has 1 aromatic heterocycles. The number of carbonyl (C=O) groups is 2. The van der Waals surface area contributed by atoms with Crippen LogP contribution in [-0.2, 0) is 23.9 Å². The summed E-state index contributed by atoms with van der Waals surface area (Å²) in [5, 5.41) is 0.971. The molecule has 0 spiro atoms. The first-order valence-electron chi connectivity index (χ1n) is 14.3. The molecule has 8 heteroatoms. The molecule has 0 bridgehead atoms. The molecule has 0 aliphatic rings. The van der Waals surface area contributed by atoms with Gasteiger partial charge in [0.2, 0.25) is 0 Å². The molecular formula is C34H43F3N2O2S. The minimum absolute atomic E-state index is 0.0372. The Morgan fingerprint density at radius 1 is 0.833 bits per heavy atom. The highest BCUT2D eigenvalue weighted by molar-refractivity contribution is 7.20. The van der Waals surface area contributed by atoms with Crippen molar-refractivity contribution in [2.24, 2.45) is 0 Å². The molecule has 3 aromatic carbocycles. The number of thiophene rings is 1. The Kier molecular flexibility index (Phi) is 17.0. The van der Waals surface area contributed by atoms with Crippen LogP contribution in [0.2, 0.25) is 0 Å². The van der Waals surface area contributed by atoms with E-state index in [0.29, 0.717) is 36.4 Å². The van der Waals surface area contributed by atoms with Gasteiger partial charge in [-0.05, 0) is 48.2 Å². The molecule has 42 heavy (non-hydrogen) atoms. The van der Waals surface area contributed by atoms with Crippen molar-refractivity contribution in [3.8, 4) is 0 Å². The van der Waals surface area contributed by atoms with E-state index in [4.69, 9.17) is 0 Å². The van der Waals surface area contributed by atoms with Gasteiger partial charge in [0.25, 0.3) is 5.91 Å². The number of rotatable bonds is 9. The molecule has 228 valence electrons. The van der Waals surface area contributed by atoms with Crippen molar-refractivity contribution in [3.63, 3.8) is 0 Å². The summed E-state index contributed by atoms with van der Waals surface area (Å²) in [6.45, 7) is 11.1. The molecule has 0 aliphatic carbocycles. The number of amides is 1. The Hall–Kier alpha value is -3.49. The number of carbonyl (C=O) groups excluding carboxylic acids is 2. The topological polar surface area (TPSA) is 40.6 Å². The first-order chi connectivity index (χ1) is 20.2. The van der Waals surface area contributed by atoms with Gasteiger partial charge in [-0.25, -0.2) is 0 Å². The highest BCUT2D eigenvalue weighted by Gasteiger charge is 2.30.